The van der Waals surface area contributed by atoms with Gasteiger partial charge in [-0.1, -0.05) is 61.7 Å². The highest BCUT2D eigenvalue weighted by Gasteiger charge is 2.47. The van der Waals surface area contributed by atoms with Crippen LogP contribution in [0, 0.1) is 0 Å². The Labute approximate surface area is 285 Å². The molecule has 0 aliphatic heterocycles. The van der Waals surface area contributed by atoms with Crippen molar-refractivity contribution < 1.29 is 38.0 Å². The van der Waals surface area contributed by atoms with E-state index in [1.807, 2.05) is 42.5 Å². The molecule has 5 aromatic carbocycles. The Hall–Kier alpha value is -6.02. The fraction of sp³-hybridized carbons (Fsp3) is 0.171. The number of carbonyl (C=O) groups excluding carboxylic acids is 2. The van der Waals surface area contributed by atoms with E-state index in [2.05, 4.69) is 67.8 Å². The largest absolute Gasteiger partial charge is 0.497 e. The van der Waals surface area contributed by atoms with Crippen molar-refractivity contribution in [1.82, 2.24) is 0 Å². The summed E-state index contributed by atoms with van der Waals surface area (Å²) >= 11 is 0. The molecule has 0 atom stereocenters. The van der Waals surface area contributed by atoms with Gasteiger partial charge >= 0.3 is 11.9 Å². The third kappa shape index (κ3) is 6.33. The Balaban J connectivity index is 1.47. The molecule has 0 amide bonds. The molecule has 248 valence electrons. The minimum Gasteiger partial charge on any atom is -0.497 e. The molecule has 5 aromatic rings. The van der Waals surface area contributed by atoms with Crippen LogP contribution in [-0.2, 0) is 24.5 Å². The molecule has 0 unspecified atom stereocenters. The predicted molar refractivity (Wildman–Crippen MR) is 188 cm³/mol. The van der Waals surface area contributed by atoms with E-state index in [0.29, 0.717) is 11.5 Å². The lowest BCUT2D eigenvalue weighted by atomic mass is 9.67. The van der Waals surface area contributed by atoms with E-state index in [4.69, 9.17) is 28.4 Å². The standard InChI is InChI=1S/C41H36O8/c1-5-38(42)48-23-21-46-30-12-8-28(9-13-30)41(29-10-14-31(15-11-29)47-22-24-49-39(43)6-2)36-20-17-33(45-4)26-35(36)40-34-18-16-32(44-3)25-27(34)7-19-37(40)41/h5-20,25-26H,1-2,21-24H2,3-4H3. The molecule has 0 aromatic heterocycles. The van der Waals surface area contributed by atoms with Gasteiger partial charge in [-0.25, -0.2) is 9.59 Å². The second-order valence-electron chi connectivity index (χ2n) is 11.2. The highest BCUT2D eigenvalue weighted by Crippen LogP contribution is 2.58. The molecule has 8 heteroatoms. The molecule has 0 saturated heterocycles. The van der Waals surface area contributed by atoms with Crippen molar-refractivity contribution in [3.8, 4) is 34.1 Å². The molecule has 1 aliphatic rings. The van der Waals surface area contributed by atoms with E-state index >= 15 is 0 Å². The summed E-state index contributed by atoms with van der Waals surface area (Å²) in [6, 6.07) is 32.7. The highest BCUT2D eigenvalue weighted by molar-refractivity contribution is 6.04. The molecule has 0 heterocycles. The second-order valence-corrected chi connectivity index (χ2v) is 11.2. The summed E-state index contributed by atoms with van der Waals surface area (Å²) in [5, 5.41) is 2.15. The van der Waals surface area contributed by atoms with Crippen LogP contribution in [0.15, 0.2) is 122 Å². The van der Waals surface area contributed by atoms with E-state index in [1.54, 1.807) is 14.2 Å². The third-order valence-corrected chi connectivity index (χ3v) is 8.63. The Bertz CT molecular complexity index is 1940. The number of carbonyl (C=O) groups is 2. The van der Waals surface area contributed by atoms with E-state index in [9.17, 15) is 9.59 Å². The average Bonchev–Trinajstić information content (AvgIpc) is 3.45. The summed E-state index contributed by atoms with van der Waals surface area (Å²) in [5.74, 6) is 1.85. The first-order valence-corrected chi connectivity index (χ1v) is 15.8. The van der Waals surface area contributed by atoms with Crippen LogP contribution in [0.5, 0.6) is 23.0 Å². The zero-order valence-corrected chi connectivity index (χ0v) is 27.4. The number of benzene rings is 5. The molecule has 0 saturated carbocycles. The summed E-state index contributed by atoms with van der Waals surface area (Å²) in [6.07, 6.45) is 2.25. The Morgan fingerprint density at radius 1 is 0.592 bits per heavy atom. The summed E-state index contributed by atoms with van der Waals surface area (Å²) in [5.41, 5.74) is 5.73. The molecule has 6 rings (SSSR count). The second kappa shape index (κ2) is 14.4. The van der Waals surface area contributed by atoms with Gasteiger partial charge in [-0.05, 0) is 92.7 Å². The zero-order valence-electron chi connectivity index (χ0n) is 27.4. The van der Waals surface area contributed by atoms with E-state index in [-0.39, 0.29) is 26.4 Å². The fourth-order valence-electron chi connectivity index (χ4n) is 6.48. The normalized spacial score (nSPS) is 12.3. The Morgan fingerprint density at radius 2 is 1.08 bits per heavy atom. The molecule has 0 N–H and O–H groups in total. The maximum atomic E-state index is 11.4. The molecule has 0 radical (unpaired) electrons. The van der Waals surface area contributed by atoms with Crippen molar-refractivity contribution in [3.05, 3.63) is 145 Å². The maximum Gasteiger partial charge on any atom is 0.330 e. The number of hydrogen-bond acceptors (Lipinski definition) is 8. The number of ether oxygens (including phenoxy) is 6. The van der Waals surface area contributed by atoms with Gasteiger partial charge in [0.2, 0.25) is 0 Å². The molecule has 0 fully saturated rings. The van der Waals surface area contributed by atoms with Crippen molar-refractivity contribution in [1.29, 1.82) is 0 Å². The molecule has 1 aliphatic carbocycles. The summed E-state index contributed by atoms with van der Waals surface area (Å²) in [7, 11) is 3.34. The molecular weight excluding hydrogens is 620 g/mol. The summed E-state index contributed by atoms with van der Waals surface area (Å²) in [4.78, 5) is 22.8. The predicted octanol–water partition coefficient (Wildman–Crippen LogP) is 7.44. The van der Waals surface area contributed by atoms with E-state index in [1.165, 1.54) is 0 Å². The summed E-state index contributed by atoms with van der Waals surface area (Å²) < 4.78 is 33.2. The van der Waals surface area contributed by atoms with Gasteiger partial charge in [-0.2, -0.15) is 0 Å². The lowest BCUT2D eigenvalue weighted by Gasteiger charge is -2.34. The first-order chi connectivity index (χ1) is 23.9. The van der Waals surface area contributed by atoms with Crippen molar-refractivity contribution in [2.75, 3.05) is 40.6 Å². The van der Waals surface area contributed by atoms with Crippen LogP contribution < -0.4 is 18.9 Å². The molecule has 8 nitrogen and oxygen atoms in total. The van der Waals surface area contributed by atoms with Crippen LogP contribution in [0.2, 0.25) is 0 Å². The lowest BCUT2D eigenvalue weighted by molar-refractivity contribution is -0.139. The van der Waals surface area contributed by atoms with Crippen LogP contribution in [-0.4, -0.2) is 52.6 Å². The smallest absolute Gasteiger partial charge is 0.330 e. The minimum atomic E-state index is -0.721. The first-order valence-electron chi connectivity index (χ1n) is 15.8. The molecule has 0 bridgehead atoms. The third-order valence-electron chi connectivity index (χ3n) is 8.63. The van der Waals surface area contributed by atoms with Gasteiger partial charge in [0, 0.05) is 12.2 Å². The monoisotopic (exact) mass is 656 g/mol. The zero-order chi connectivity index (χ0) is 34.4. The van der Waals surface area contributed by atoms with Gasteiger partial charge in [-0.15, -0.1) is 0 Å². The quantitative estimate of drug-likeness (QED) is 0.0680. The average molecular weight is 657 g/mol. The summed E-state index contributed by atoms with van der Waals surface area (Å²) in [6.45, 7) is 7.48. The van der Waals surface area contributed by atoms with Crippen LogP contribution in [0.1, 0.15) is 22.3 Å². The fourth-order valence-corrected chi connectivity index (χ4v) is 6.48. The Morgan fingerprint density at radius 3 is 1.61 bits per heavy atom. The SMILES string of the molecule is C=CC(=O)OCCOc1ccc(C2(c3ccc(OCCOC(=O)C=C)cc3)c3ccc(OC)cc3-c3c2ccc2cc(OC)ccc32)cc1. The number of fused-ring (bicyclic) bond motifs is 5. The van der Waals surface area contributed by atoms with Crippen LogP contribution in [0.3, 0.4) is 0 Å². The van der Waals surface area contributed by atoms with Gasteiger partial charge in [0.1, 0.15) is 49.4 Å². The lowest BCUT2D eigenvalue weighted by Crippen LogP contribution is -2.28. The van der Waals surface area contributed by atoms with Gasteiger partial charge in [0.25, 0.3) is 0 Å². The topological polar surface area (TPSA) is 89.5 Å². The van der Waals surface area contributed by atoms with Crippen LogP contribution in [0.4, 0.5) is 0 Å². The van der Waals surface area contributed by atoms with E-state index in [0.717, 1.165) is 67.8 Å². The van der Waals surface area contributed by atoms with Gasteiger partial charge < -0.3 is 28.4 Å². The van der Waals surface area contributed by atoms with Crippen LogP contribution in [0.25, 0.3) is 21.9 Å². The van der Waals surface area contributed by atoms with Gasteiger partial charge in [0.05, 0.1) is 19.6 Å². The van der Waals surface area contributed by atoms with Crippen molar-refractivity contribution in [2.24, 2.45) is 0 Å². The van der Waals surface area contributed by atoms with Crippen molar-refractivity contribution >= 4 is 22.7 Å². The minimum absolute atomic E-state index is 0.113. The Kier molecular flexibility index (Phi) is 9.67. The first kappa shape index (κ1) is 32.9. The van der Waals surface area contributed by atoms with Crippen LogP contribution >= 0.6 is 0 Å². The number of hydrogen-bond donors (Lipinski definition) is 0. The van der Waals surface area contributed by atoms with Gasteiger partial charge in [0.15, 0.2) is 0 Å². The number of esters is 2. The van der Waals surface area contributed by atoms with Crippen molar-refractivity contribution in [2.45, 2.75) is 5.41 Å². The highest BCUT2D eigenvalue weighted by atomic mass is 16.6. The number of methoxy groups -OCH3 is 2. The molecular formula is C41H36O8. The van der Waals surface area contributed by atoms with Gasteiger partial charge in [-0.3, -0.25) is 0 Å². The number of rotatable bonds is 14. The van der Waals surface area contributed by atoms with Crippen molar-refractivity contribution in [3.63, 3.8) is 0 Å². The maximum absolute atomic E-state index is 11.4. The van der Waals surface area contributed by atoms with E-state index < -0.39 is 17.4 Å². The molecule has 49 heavy (non-hydrogen) atoms. The molecule has 0 spiro atoms.